The van der Waals surface area contributed by atoms with Gasteiger partial charge < -0.3 is 15.2 Å². The van der Waals surface area contributed by atoms with Gasteiger partial charge in [0, 0.05) is 11.6 Å². The minimum atomic E-state index is -0.0375. The summed E-state index contributed by atoms with van der Waals surface area (Å²) in [4.78, 5) is 1.13. The molecule has 0 bridgehead atoms. The van der Waals surface area contributed by atoms with E-state index in [1.165, 1.54) is 0 Å². The van der Waals surface area contributed by atoms with Crippen molar-refractivity contribution in [3.63, 3.8) is 0 Å². The van der Waals surface area contributed by atoms with Crippen LogP contribution in [0.5, 0.6) is 11.5 Å². The molecule has 2 rings (SSSR count). The molecule has 0 saturated carbocycles. The largest absolute Gasteiger partial charge is 0.496 e. The second-order valence-electron chi connectivity index (χ2n) is 3.24. The van der Waals surface area contributed by atoms with E-state index in [4.69, 9.17) is 15.2 Å². The van der Waals surface area contributed by atoms with Gasteiger partial charge in [-0.25, -0.2) is 0 Å². The van der Waals surface area contributed by atoms with Gasteiger partial charge in [0.05, 0.1) is 12.0 Å². The van der Waals surface area contributed by atoms with E-state index in [1.54, 1.807) is 18.9 Å². The van der Waals surface area contributed by atoms with Crippen molar-refractivity contribution in [1.29, 1.82) is 0 Å². The van der Waals surface area contributed by atoms with Gasteiger partial charge in [0.15, 0.2) is 0 Å². The van der Waals surface area contributed by atoms with Crippen LogP contribution in [0.25, 0.3) is 0 Å². The molecule has 0 aromatic heterocycles. The summed E-state index contributed by atoms with van der Waals surface area (Å²) in [5, 5.41) is 0. The van der Waals surface area contributed by atoms with Crippen LogP contribution in [0, 0.1) is 0 Å². The first-order valence-electron chi connectivity index (χ1n) is 4.45. The summed E-state index contributed by atoms with van der Waals surface area (Å²) >= 11 is 1.67. The maximum Gasteiger partial charge on any atom is 0.138 e. The molecule has 0 amide bonds. The number of hydrogen-bond donors (Lipinski definition) is 1. The normalized spacial score (nSPS) is 15.9. The second-order valence-corrected chi connectivity index (χ2v) is 4.20. The van der Waals surface area contributed by atoms with Crippen molar-refractivity contribution in [2.24, 2.45) is 5.73 Å². The molecular weight excluding hydrogens is 198 g/mol. The molecule has 0 fully saturated rings. The monoisotopic (exact) mass is 211 g/mol. The van der Waals surface area contributed by atoms with Crippen molar-refractivity contribution < 1.29 is 9.47 Å². The summed E-state index contributed by atoms with van der Waals surface area (Å²) in [6, 6.07) is 3.93. The molecule has 4 heteroatoms. The molecule has 0 saturated heterocycles. The molecule has 2 N–H and O–H groups in total. The summed E-state index contributed by atoms with van der Waals surface area (Å²) < 4.78 is 10.7. The summed E-state index contributed by atoms with van der Waals surface area (Å²) in [5.41, 5.74) is 6.84. The Kier molecular flexibility index (Phi) is 2.56. The fraction of sp³-hybridized carbons (Fsp3) is 0.400. The predicted molar refractivity (Wildman–Crippen MR) is 56.9 cm³/mol. The number of fused-ring (bicyclic) bond motifs is 1. The summed E-state index contributed by atoms with van der Waals surface area (Å²) in [6.45, 7) is 1.94. The van der Waals surface area contributed by atoms with E-state index in [-0.39, 0.29) is 6.04 Å². The number of methoxy groups -OCH3 is 1. The average Bonchev–Trinajstić information content (AvgIpc) is 2.62. The fourth-order valence-electron chi connectivity index (χ4n) is 1.47. The molecule has 1 unspecified atom stereocenters. The Labute approximate surface area is 87.6 Å². The molecule has 0 spiro atoms. The van der Waals surface area contributed by atoms with Crippen LogP contribution in [-0.2, 0) is 0 Å². The van der Waals surface area contributed by atoms with E-state index in [9.17, 15) is 0 Å². The number of thioether (sulfide) groups is 1. The van der Waals surface area contributed by atoms with Gasteiger partial charge in [-0.05, 0) is 19.1 Å². The molecule has 1 aliphatic rings. The minimum absolute atomic E-state index is 0.0375. The second kappa shape index (κ2) is 3.71. The van der Waals surface area contributed by atoms with E-state index in [1.807, 2.05) is 19.1 Å². The molecule has 0 radical (unpaired) electrons. The first-order valence-corrected chi connectivity index (χ1v) is 5.44. The van der Waals surface area contributed by atoms with Crippen LogP contribution in [0.2, 0.25) is 0 Å². The van der Waals surface area contributed by atoms with Crippen LogP contribution < -0.4 is 15.2 Å². The van der Waals surface area contributed by atoms with E-state index >= 15 is 0 Å². The highest BCUT2D eigenvalue weighted by molar-refractivity contribution is 7.99. The van der Waals surface area contributed by atoms with Gasteiger partial charge in [0.2, 0.25) is 0 Å². The quantitative estimate of drug-likeness (QED) is 0.814. The smallest absolute Gasteiger partial charge is 0.138 e. The molecule has 1 aromatic rings. The topological polar surface area (TPSA) is 44.5 Å². The van der Waals surface area contributed by atoms with Gasteiger partial charge in [-0.3, -0.25) is 0 Å². The molecule has 3 nitrogen and oxygen atoms in total. The van der Waals surface area contributed by atoms with Crippen LogP contribution in [-0.4, -0.2) is 13.0 Å². The lowest BCUT2D eigenvalue weighted by Crippen LogP contribution is -2.07. The minimum Gasteiger partial charge on any atom is -0.496 e. The Bertz CT molecular complexity index is 352. The lowest BCUT2D eigenvalue weighted by Gasteiger charge is -2.12. The zero-order valence-corrected chi connectivity index (χ0v) is 9.06. The molecule has 0 aliphatic carbocycles. The van der Waals surface area contributed by atoms with Crippen molar-refractivity contribution in [3.8, 4) is 11.5 Å². The zero-order valence-electron chi connectivity index (χ0n) is 8.24. The van der Waals surface area contributed by atoms with Crippen LogP contribution in [0.1, 0.15) is 18.5 Å². The highest BCUT2D eigenvalue weighted by Crippen LogP contribution is 2.41. The van der Waals surface area contributed by atoms with Crippen molar-refractivity contribution in [2.75, 3.05) is 13.0 Å². The zero-order chi connectivity index (χ0) is 10.1. The number of nitrogens with two attached hydrogens (primary N) is 1. The molecule has 76 valence electrons. The maximum atomic E-state index is 5.84. The molecule has 1 heterocycles. The van der Waals surface area contributed by atoms with E-state index < -0.39 is 0 Å². The summed E-state index contributed by atoms with van der Waals surface area (Å²) in [5.74, 6) is 2.45. The molecule has 1 atom stereocenters. The molecule has 14 heavy (non-hydrogen) atoms. The van der Waals surface area contributed by atoms with Crippen molar-refractivity contribution in [3.05, 3.63) is 17.7 Å². The first kappa shape index (κ1) is 9.68. The third-order valence-corrected chi connectivity index (χ3v) is 3.08. The fourth-order valence-corrected chi connectivity index (χ4v) is 2.23. The van der Waals surface area contributed by atoms with Crippen LogP contribution in [0.4, 0.5) is 0 Å². The lowest BCUT2D eigenvalue weighted by molar-refractivity contribution is 0.386. The summed E-state index contributed by atoms with van der Waals surface area (Å²) in [6.07, 6.45) is 0. The summed E-state index contributed by atoms with van der Waals surface area (Å²) in [7, 11) is 1.66. The Morgan fingerprint density at radius 2 is 2.36 bits per heavy atom. The first-order chi connectivity index (χ1) is 6.72. The van der Waals surface area contributed by atoms with Gasteiger partial charge in [0.25, 0.3) is 0 Å². The van der Waals surface area contributed by atoms with E-state index in [2.05, 4.69) is 0 Å². The highest BCUT2D eigenvalue weighted by Gasteiger charge is 2.18. The van der Waals surface area contributed by atoms with Crippen LogP contribution in [0.3, 0.4) is 0 Å². The van der Waals surface area contributed by atoms with E-state index in [0.717, 1.165) is 22.0 Å². The van der Waals surface area contributed by atoms with Crippen LogP contribution in [0.15, 0.2) is 17.0 Å². The highest BCUT2D eigenvalue weighted by atomic mass is 32.2. The molecular formula is C10H13NO2S. The number of hydrogen-bond acceptors (Lipinski definition) is 4. The van der Waals surface area contributed by atoms with Gasteiger partial charge in [-0.2, -0.15) is 0 Å². The Hall–Kier alpha value is -0.870. The van der Waals surface area contributed by atoms with Gasteiger partial charge in [-0.1, -0.05) is 11.8 Å². The Balaban J connectivity index is 2.49. The lowest BCUT2D eigenvalue weighted by atomic mass is 10.1. The number of rotatable bonds is 2. The van der Waals surface area contributed by atoms with Crippen molar-refractivity contribution >= 4 is 11.8 Å². The predicted octanol–water partition coefficient (Wildman–Crippen LogP) is 2.16. The molecule has 1 aromatic carbocycles. The van der Waals surface area contributed by atoms with Gasteiger partial charge >= 0.3 is 0 Å². The Morgan fingerprint density at radius 3 is 3.00 bits per heavy atom. The standard InChI is InChI=1S/C10H13NO2S/c1-6(11)7-3-9-10(14-5-13-9)4-8(7)12-2/h3-4,6H,5,11H2,1-2H3. The SMILES string of the molecule is COc1cc2c(cc1C(C)N)OCS2. The maximum absolute atomic E-state index is 5.84. The number of benzene rings is 1. The van der Waals surface area contributed by atoms with Gasteiger partial charge in [-0.15, -0.1) is 0 Å². The third-order valence-electron chi connectivity index (χ3n) is 2.22. The third kappa shape index (κ3) is 1.55. The van der Waals surface area contributed by atoms with E-state index in [0.29, 0.717) is 5.94 Å². The molecule has 1 aliphatic heterocycles. The van der Waals surface area contributed by atoms with Gasteiger partial charge in [0.1, 0.15) is 17.4 Å². The van der Waals surface area contributed by atoms with Crippen molar-refractivity contribution in [1.82, 2.24) is 0 Å². The number of ether oxygens (including phenoxy) is 2. The average molecular weight is 211 g/mol. The Morgan fingerprint density at radius 1 is 1.57 bits per heavy atom. The van der Waals surface area contributed by atoms with Crippen molar-refractivity contribution in [2.45, 2.75) is 17.9 Å². The van der Waals surface area contributed by atoms with Crippen LogP contribution >= 0.6 is 11.8 Å².